The number of hydrogen-bond donors (Lipinski definition) is 3. The number of aromatic nitrogens is 3. The van der Waals surface area contributed by atoms with Gasteiger partial charge in [-0.3, -0.25) is 4.79 Å². The fourth-order valence-electron chi connectivity index (χ4n) is 7.27. The van der Waals surface area contributed by atoms with Gasteiger partial charge >= 0.3 is 0 Å². The Morgan fingerprint density at radius 2 is 1.44 bits per heavy atom. The number of methoxy groups -OCH3 is 2. The average Bonchev–Trinajstić information content (AvgIpc) is 3.57. The molecule has 59 heavy (non-hydrogen) atoms. The molecule has 10 nitrogen and oxygen atoms in total. The zero-order valence-electron chi connectivity index (χ0n) is 33.5. The number of halogens is 1. The van der Waals surface area contributed by atoms with Crippen LogP contribution in [-0.2, 0) is 11.3 Å². The van der Waals surface area contributed by atoms with Gasteiger partial charge in [-0.15, -0.1) is 0 Å². The Morgan fingerprint density at radius 1 is 0.763 bits per heavy atom. The second-order valence-electron chi connectivity index (χ2n) is 14.5. The smallest absolute Gasteiger partial charge is 0.258 e. The van der Waals surface area contributed by atoms with Gasteiger partial charge in [-0.2, -0.15) is 15.0 Å². The molecular weight excluding hydrogens is 760 g/mol. The molecule has 3 atom stereocenters. The van der Waals surface area contributed by atoms with Crippen molar-refractivity contribution in [2.24, 2.45) is 0 Å². The van der Waals surface area contributed by atoms with Crippen LogP contribution < -0.4 is 30.2 Å². The number of anilines is 2. The molecule has 0 saturated heterocycles. The highest BCUT2D eigenvalue weighted by Crippen LogP contribution is 2.36. The quantitative estimate of drug-likeness (QED) is 0.0821. The van der Waals surface area contributed by atoms with Crippen molar-refractivity contribution in [2.75, 3.05) is 31.5 Å². The zero-order valence-corrected chi connectivity index (χ0v) is 34.3. The van der Waals surface area contributed by atoms with Crippen LogP contribution in [0.1, 0.15) is 82.6 Å². The van der Waals surface area contributed by atoms with E-state index >= 15 is 0 Å². The van der Waals surface area contributed by atoms with Crippen molar-refractivity contribution in [3.05, 3.63) is 178 Å². The highest BCUT2D eigenvalue weighted by Gasteiger charge is 2.23. The van der Waals surface area contributed by atoms with Gasteiger partial charge in [-0.05, 0) is 102 Å². The predicted molar refractivity (Wildman–Crippen MR) is 234 cm³/mol. The van der Waals surface area contributed by atoms with Crippen molar-refractivity contribution >= 4 is 29.4 Å². The molecular formula is C48H49ClN6O4. The van der Waals surface area contributed by atoms with E-state index in [2.05, 4.69) is 98.5 Å². The van der Waals surface area contributed by atoms with Crippen molar-refractivity contribution in [1.29, 1.82) is 0 Å². The summed E-state index contributed by atoms with van der Waals surface area (Å²) >= 11 is 6.40. The van der Waals surface area contributed by atoms with Gasteiger partial charge in [0.15, 0.2) is 6.61 Å². The molecule has 0 aliphatic heterocycles. The minimum absolute atomic E-state index is 0.0367. The van der Waals surface area contributed by atoms with Gasteiger partial charge in [0.2, 0.25) is 17.2 Å². The second-order valence-corrected chi connectivity index (χ2v) is 14.9. The lowest BCUT2D eigenvalue weighted by atomic mass is 9.90. The van der Waals surface area contributed by atoms with Gasteiger partial charge in [0.25, 0.3) is 5.91 Å². The third-order valence-corrected chi connectivity index (χ3v) is 10.6. The van der Waals surface area contributed by atoms with Crippen molar-refractivity contribution in [2.45, 2.75) is 57.2 Å². The normalized spacial score (nSPS) is 14.7. The monoisotopic (exact) mass is 808 g/mol. The number of nitrogens with zero attached hydrogens (tertiary/aromatic N) is 3. The molecule has 0 saturated carbocycles. The van der Waals surface area contributed by atoms with Crippen molar-refractivity contribution in [3.8, 4) is 17.2 Å². The van der Waals surface area contributed by atoms with Crippen LogP contribution in [0.15, 0.2) is 133 Å². The number of nitrogens with one attached hydrogen (secondary N) is 3. The summed E-state index contributed by atoms with van der Waals surface area (Å²) in [5, 5.41) is 9.94. The molecule has 0 radical (unpaired) electrons. The summed E-state index contributed by atoms with van der Waals surface area (Å²) in [6.07, 6.45) is 9.18. The fourth-order valence-corrected chi connectivity index (χ4v) is 7.43. The SMILES string of the molecule is COc1ccc(C(Nc2nc(Cl)nc(NCc3ccccc3)n2)c2ccc(OCC(=O)NC(c3ccc(C)cc3)c3ccc(C4CC=CCCC4)cc3)cc2)c(OC)c1. The Labute approximate surface area is 351 Å². The van der Waals surface area contributed by atoms with Crippen LogP contribution in [-0.4, -0.2) is 41.7 Å². The maximum Gasteiger partial charge on any atom is 0.258 e. The Kier molecular flexibility index (Phi) is 13.7. The highest BCUT2D eigenvalue weighted by atomic mass is 35.5. The number of amides is 1. The molecule has 0 bridgehead atoms. The number of carbonyl (C=O) groups excluding carboxylic acids is 1. The van der Waals surface area contributed by atoms with Crippen LogP contribution >= 0.6 is 11.6 Å². The zero-order chi connectivity index (χ0) is 41.0. The number of benzene rings is 5. The summed E-state index contributed by atoms with van der Waals surface area (Å²) in [6, 6.07) is 39.2. The Morgan fingerprint density at radius 3 is 2.17 bits per heavy atom. The number of hydrogen-bond acceptors (Lipinski definition) is 9. The van der Waals surface area contributed by atoms with Crippen LogP contribution in [0.4, 0.5) is 11.9 Å². The van der Waals surface area contributed by atoms with Gasteiger partial charge in [-0.1, -0.05) is 109 Å². The molecule has 6 aromatic rings. The maximum absolute atomic E-state index is 13.5. The first kappa shape index (κ1) is 40.8. The van der Waals surface area contributed by atoms with E-state index in [1.165, 1.54) is 18.4 Å². The molecule has 1 aliphatic carbocycles. The first-order chi connectivity index (χ1) is 28.8. The predicted octanol–water partition coefficient (Wildman–Crippen LogP) is 10.2. The lowest BCUT2D eigenvalue weighted by molar-refractivity contribution is -0.123. The number of rotatable bonds is 16. The van der Waals surface area contributed by atoms with E-state index < -0.39 is 6.04 Å². The Balaban J connectivity index is 1.07. The molecule has 3 unspecified atom stereocenters. The summed E-state index contributed by atoms with van der Waals surface area (Å²) in [5.41, 5.74) is 7.24. The summed E-state index contributed by atoms with van der Waals surface area (Å²) in [5.74, 6) is 2.66. The van der Waals surface area contributed by atoms with Gasteiger partial charge in [0.1, 0.15) is 17.2 Å². The molecule has 7 rings (SSSR count). The molecule has 0 fully saturated rings. The average molecular weight is 809 g/mol. The van der Waals surface area contributed by atoms with E-state index in [1.807, 2.05) is 72.8 Å². The number of carbonyl (C=O) groups is 1. The van der Waals surface area contributed by atoms with Gasteiger partial charge in [0, 0.05) is 18.2 Å². The minimum Gasteiger partial charge on any atom is -0.497 e. The first-order valence-corrected chi connectivity index (χ1v) is 20.2. The van der Waals surface area contributed by atoms with Gasteiger partial charge in [-0.25, -0.2) is 0 Å². The van der Waals surface area contributed by atoms with Crippen LogP contribution in [0, 0.1) is 6.92 Å². The van der Waals surface area contributed by atoms with E-state index in [9.17, 15) is 4.79 Å². The van der Waals surface area contributed by atoms with E-state index in [1.54, 1.807) is 14.2 Å². The standard InChI is InChI=1S/C48H49ClN6O4/c1-32-15-17-36(18-16-32)44(37-21-19-35(20-22-37)34-13-9-4-5-10-14-34)51-43(56)31-59-39-25-23-38(24-26-39)45(41-28-27-40(57-2)29-42(41)58-3)52-48-54-46(49)53-47(55-48)50-30-33-11-7-6-8-12-33/h4,6-9,11-12,15-29,34,44-45H,5,10,13-14,30-31H2,1-3H3,(H,51,56)(H2,50,52,53,54,55). The lowest BCUT2D eigenvalue weighted by Crippen LogP contribution is -2.33. The summed E-state index contributed by atoms with van der Waals surface area (Å²) in [7, 11) is 3.22. The molecule has 5 aromatic carbocycles. The largest absolute Gasteiger partial charge is 0.497 e. The topological polar surface area (TPSA) is 120 Å². The minimum atomic E-state index is -0.491. The van der Waals surface area contributed by atoms with Crippen molar-refractivity contribution < 1.29 is 19.0 Å². The van der Waals surface area contributed by atoms with Gasteiger partial charge < -0.3 is 30.2 Å². The van der Waals surface area contributed by atoms with Crippen LogP contribution in [0.3, 0.4) is 0 Å². The fraction of sp³-hybridized carbons (Fsp3) is 0.250. The van der Waals surface area contributed by atoms with Crippen LogP contribution in [0.5, 0.6) is 17.2 Å². The highest BCUT2D eigenvalue weighted by molar-refractivity contribution is 6.28. The third kappa shape index (κ3) is 11.0. The number of aryl methyl sites for hydroxylation is 1. The molecule has 1 amide bonds. The van der Waals surface area contributed by atoms with E-state index in [-0.39, 0.29) is 29.8 Å². The lowest BCUT2D eigenvalue weighted by Gasteiger charge is -2.23. The summed E-state index contributed by atoms with van der Waals surface area (Å²) in [6.45, 7) is 2.40. The van der Waals surface area contributed by atoms with E-state index in [4.69, 9.17) is 25.8 Å². The van der Waals surface area contributed by atoms with E-state index in [0.29, 0.717) is 35.7 Å². The summed E-state index contributed by atoms with van der Waals surface area (Å²) in [4.78, 5) is 26.9. The third-order valence-electron chi connectivity index (χ3n) is 10.5. The number of allylic oxidation sites excluding steroid dienone is 2. The Bertz CT molecular complexity index is 2320. The molecule has 3 N–H and O–H groups in total. The van der Waals surface area contributed by atoms with Crippen molar-refractivity contribution in [3.63, 3.8) is 0 Å². The molecule has 1 aromatic heterocycles. The maximum atomic E-state index is 13.5. The van der Waals surface area contributed by atoms with E-state index in [0.717, 1.165) is 46.2 Å². The Hall–Kier alpha value is -6.39. The van der Waals surface area contributed by atoms with Crippen LogP contribution in [0.2, 0.25) is 5.28 Å². The van der Waals surface area contributed by atoms with Crippen LogP contribution in [0.25, 0.3) is 0 Å². The second kappa shape index (κ2) is 19.8. The molecule has 11 heteroatoms. The van der Waals surface area contributed by atoms with Crippen molar-refractivity contribution in [1.82, 2.24) is 20.3 Å². The molecule has 302 valence electrons. The summed E-state index contributed by atoms with van der Waals surface area (Å²) < 4.78 is 17.3. The molecule has 1 heterocycles. The molecule has 1 aliphatic rings. The first-order valence-electron chi connectivity index (χ1n) is 19.9. The number of ether oxygens (including phenoxy) is 3. The van der Waals surface area contributed by atoms with Gasteiger partial charge in [0.05, 0.1) is 26.3 Å². The molecule has 0 spiro atoms.